The van der Waals surface area contributed by atoms with Crippen LogP contribution in [0, 0.1) is 0 Å². The van der Waals surface area contributed by atoms with Gasteiger partial charge in [-0.05, 0) is 12.8 Å². The fourth-order valence-electron chi connectivity index (χ4n) is 2.35. The molecule has 6 nitrogen and oxygen atoms in total. The van der Waals surface area contributed by atoms with Gasteiger partial charge >= 0.3 is 0 Å². The van der Waals surface area contributed by atoms with Gasteiger partial charge in [0.05, 0.1) is 17.9 Å². The number of nitrogens with one attached hydrogen (secondary N) is 1. The molecule has 0 aromatic carbocycles. The van der Waals surface area contributed by atoms with Crippen LogP contribution in [0.2, 0.25) is 0 Å². The third-order valence-corrected chi connectivity index (χ3v) is 3.13. The van der Waals surface area contributed by atoms with E-state index in [4.69, 9.17) is 5.73 Å². The molecule has 0 bridgehead atoms. The van der Waals surface area contributed by atoms with E-state index in [-0.39, 0.29) is 0 Å². The lowest BCUT2D eigenvalue weighted by Crippen LogP contribution is -2.15. The number of aromatic nitrogens is 4. The Labute approximate surface area is 103 Å². The maximum Gasteiger partial charge on any atom is 0.267 e. The molecule has 92 valence electrons. The number of fused-ring (bicyclic) bond motifs is 3. The van der Waals surface area contributed by atoms with Gasteiger partial charge in [-0.25, -0.2) is 0 Å². The van der Waals surface area contributed by atoms with E-state index in [1.807, 2.05) is 10.9 Å². The minimum Gasteiger partial charge on any atom is -0.364 e. The van der Waals surface area contributed by atoms with Gasteiger partial charge in [0, 0.05) is 17.3 Å². The third-order valence-electron chi connectivity index (χ3n) is 3.13. The number of nitrogens with two attached hydrogens (primary N) is 1. The Kier molecular flexibility index (Phi) is 2.29. The first kappa shape index (κ1) is 10.8. The molecule has 0 aliphatic heterocycles. The zero-order valence-corrected chi connectivity index (χ0v) is 9.81. The Balaban J connectivity index is 2.11. The Bertz CT molecular complexity index is 637. The fraction of sp³-hybridized carbons (Fsp3) is 0.250. The van der Waals surface area contributed by atoms with Crippen LogP contribution in [0.25, 0.3) is 11.3 Å². The van der Waals surface area contributed by atoms with E-state index in [1.54, 1.807) is 6.08 Å². The van der Waals surface area contributed by atoms with E-state index in [0.29, 0.717) is 12.2 Å². The molecule has 3 N–H and O–H groups in total. The normalized spacial score (nSPS) is 12.9. The second-order valence-corrected chi connectivity index (χ2v) is 4.29. The van der Waals surface area contributed by atoms with Crippen molar-refractivity contribution in [1.82, 2.24) is 20.0 Å². The second-order valence-electron chi connectivity index (χ2n) is 4.29. The summed E-state index contributed by atoms with van der Waals surface area (Å²) in [4.78, 5) is 11.3. The average Bonchev–Trinajstić information content (AvgIpc) is 2.90. The maximum atomic E-state index is 11.3. The number of amides is 1. The molecule has 2 aromatic rings. The smallest absolute Gasteiger partial charge is 0.267 e. The van der Waals surface area contributed by atoms with Crippen LogP contribution >= 0.6 is 0 Å². The van der Waals surface area contributed by atoms with Gasteiger partial charge in [-0.2, -0.15) is 10.2 Å². The van der Waals surface area contributed by atoms with Gasteiger partial charge in [-0.1, -0.05) is 6.08 Å². The van der Waals surface area contributed by atoms with Gasteiger partial charge in [0.1, 0.15) is 5.69 Å². The number of aromatic amines is 1. The van der Waals surface area contributed by atoms with Crippen molar-refractivity contribution in [3.05, 3.63) is 35.8 Å². The Morgan fingerprint density at radius 3 is 3.17 bits per heavy atom. The van der Waals surface area contributed by atoms with Crippen LogP contribution in [0.1, 0.15) is 21.7 Å². The summed E-state index contributed by atoms with van der Waals surface area (Å²) in [5.74, 6) is -0.467. The van der Waals surface area contributed by atoms with Crippen LogP contribution < -0.4 is 5.73 Å². The van der Waals surface area contributed by atoms with Crippen molar-refractivity contribution < 1.29 is 4.79 Å². The van der Waals surface area contributed by atoms with Crippen molar-refractivity contribution >= 4 is 5.91 Å². The lowest BCUT2D eigenvalue weighted by molar-refractivity contribution is 0.0994. The largest absolute Gasteiger partial charge is 0.364 e. The number of H-pyrrole nitrogens is 1. The van der Waals surface area contributed by atoms with E-state index in [1.165, 1.54) is 0 Å². The quantitative estimate of drug-likeness (QED) is 0.776. The predicted octanol–water partition coefficient (Wildman–Crippen LogP) is 0.657. The number of aryl methyl sites for hydroxylation is 1. The number of carbonyl (C=O) groups is 1. The van der Waals surface area contributed by atoms with Gasteiger partial charge in [0.25, 0.3) is 5.91 Å². The van der Waals surface area contributed by atoms with Crippen LogP contribution in [0.3, 0.4) is 0 Å². The molecule has 0 radical (unpaired) electrons. The van der Waals surface area contributed by atoms with E-state index in [9.17, 15) is 4.79 Å². The first-order valence-electron chi connectivity index (χ1n) is 5.75. The summed E-state index contributed by atoms with van der Waals surface area (Å²) >= 11 is 0. The van der Waals surface area contributed by atoms with Crippen LogP contribution in [-0.4, -0.2) is 25.9 Å². The lowest BCUT2D eigenvalue weighted by atomic mass is 9.94. The van der Waals surface area contributed by atoms with E-state index >= 15 is 0 Å². The first-order chi connectivity index (χ1) is 8.70. The Morgan fingerprint density at radius 2 is 2.44 bits per heavy atom. The molecule has 2 heterocycles. The third kappa shape index (κ3) is 1.46. The zero-order chi connectivity index (χ0) is 12.7. The van der Waals surface area contributed by atoms with Crippen LogP contribution in [-0.2, 0) is 19.4 Å². The summed E-state index contributed by atoms with van der Waals surface area (Å²) in [6.07, 6.45) is 5.26. The van der Waals surface area contributed by atoms with Crippen LogP contribution in [0.15, 0.2) is 18.9 Å². The number of carbonyl (C=O) groups excluding carboxylic acids is 1. The maximum absolute atomic E-state index is 11.3. The molecule has 0 atom stereocenters. The number of hydrogen-bond acceptors (Lipinski definition) is 3. The summed E-state index contributed by atoms with van der Waals surface area (Å²) in [6, 6.07) is 0. The van der Waals surface area contributed by atoms with E-state index in [0.717, 1.165) is 35.4 Å². The second kappa shape index (κ2) is 3.83. The van der Waals surface area contributed by atoms with Gasteiger partial charge in [-0.15, -0.1) is 6.58 Å². The van der Waals surface area contributed by atoms with Crippen molar-refractivity contribution in [1.29, 1.82) is 0 Å². The van der Waals surface area contributed by atoms with E-state index in [2.05, 4.69) is 21.9 Å². The van der Waals surface area contributed by atoms with Gasteiger partial charge < -0.3 is 5.73 Å². The monoisotopic (exact) mass is 243 g/mol. The van der Waals surface area contributed by atoms with Gasteiger partial charge in [0.2, 0.25) is 0 Å². The van der Waals surface area contributed by atoms with E-state index < -0.39 is 5.91 Å². The topological polar surface area (TPSA) is 89.6 Å². The van der Waals surface area contributed by atoms with Crippen molar-refractivity contribution in [2.45, 2.75) is 19.4 Å². The minimum absolute atomic E-state index is 0.409. The summed E-state index contributed by atoms with van der Waals surface area (Å²) in [5, 5.41) is 11.4. The molecule has 0 spiro atoms. The summed E-state index contributed by atoms with van der Waals surface area (Å²) in [5.41, 5.74) is 9.39. The SMILES string of the molecule is C=CCn1cc2c(n1)CCc1c-2n[nH]c1C(N)=O. The number of nitrogens with zero attached hydrogens (tertiary/aromatic N) is 3. The van der Waals surface area contributed by atoms with Crippen molar-refractivity contribution in [2.75, 3.05) is 0 Å². The zero-order valence-electron chi connectivity index (χ0n) is 9.81. The van der Waals surface area contributed by atoms with Gasteiger partial charge in [0.15, 0.2) is 0 Å². The number of primary amides is 1. The standard InChI is InChI=1S/C12H13N5O/c1-2-5-17-6-8-9(16-17)4-3-7-10(8)14-15-11(7)12(13)18/h2,6H,1,3-5H2,(H2,13,18)(H,14,15). The first-order valence-corrected chi connectivity index (χ1v) is 5.75. The molecule has 6 heteroatoms. The highest BCUT2D eigenvalue weighted by Gasteiger charge is 2.26. The predicted molar refractivity (Wildman–Crippen MR) is 65.9 cm³/mol. The molecule has 0 saturated carbocycles. The number of hydrogen-bond donors (Lipinski definition) is 2. The highest BCUT2D eigenvalue weighted by Crippen LogP contribution is 2.32. The fourth-order valence-corrected chi connectivity index (χ4v) is 2.35. The van der Waals surface area contributed by atoms with Crippen molar-refractivity contribution in [2.24, 2.45) is 5.73 Å². The van der Waals surface area contributed by atoms with Crippen molar-refractivity contribution in [3.8, 4) is 11.3 Å². The number of rotatable bonds is 3. The summed E-state index contributed by atoms with van der Waals surface area (Å²) < 4.78 is 1.82. The molecule has 2 aromatic heterocycles. The molecule has 0 saturated heterocycles. The summed E-state index contributed by atoms with van der Waals surface area (Å²) in [6.45, 7) is 4.35. The Morgan fingerprint density at radius 1 is 1.61 bits per heavy atom. The molecule has 1 aliphatic carbocycles. The molecule has 3 rings (SSSR count). The summed E-state index contributed by atoms with van der Waals surface area (Å²) in [7, 11) is 0. The van der Waals surface area contributed by atoms with Crippen LogP contribution in [0.5, 0.6) is 0 Å². The molecular weight excluding hydrogens is 230 g/mol. The molecule has 1 amide bonds. The molecule has 1 aliphatic rings. The number of allylic oxidation sites excluding steroid dienone is 1. The molecular formula is C12H13N5O. The Hall–Kier alpha value is -2.37. The van der Waals surface area contributed by atoms with Crippen LogP contribution in [0.4, 0.5) is 0 Å². The molecule has 0 fully saturated rings. The van der Waals surface area contributed by atoms with Gasteiger partial charge in [-0.3, -0.25) is 14.6 Å². The lowest BCUT2D eigenvalue weighted by Gasteiger charge is -2.09. The highest BCUT2D eigenvalue weighted by molar-refractivity contribution is 5.94. The molecule has 0 unspecified atom stereocenters. The van der Waals surface area contributed by atoms with Crippen molar-refractivity contribution in [3.63, 3.8) is 0 Å². The molecule has 18 heavy (non-hydrogen) atoms. The average molecular weight is 243 g/mol. The minimum atomic E-state index is -0.467. The highest BCUT2D eigenvalue weighted by atomic mass is 16.1.